The summed E-state index contributed by atoms with van der Waals surface area (Å²) < 4.78 is 22.0. The van der Waals surface area contributed by atoms with Crippen molar-refractivity contribution in [2.75, 3.05) is 13.3 Å². The van der Waals surface area contributed by atoms with Gasteiger partial charge in [0.1, 0.15) is 11.5 Å². The molecule has 23 heavy (non-hydrogen) atoms. The molecule has 2 aromatic rings. The summed E-state index contributed by atoms with van der Waals surface area (Å²) in [6, 6.07) is 15.0. The van der Waals surface area contributed by atoms with E-state index < -0.39 is 7.37 Å². The molecule has 0 aliphatic carbocycles. The molecule has 0 aliphatic heterocycles. The van der Waals surface area contributed by atoms with Gasteiger partial charge in [0, 0.05) is 18.7 Å². The Morgan fingerprint density at radius 3 is 1.70 bits per heavy atom. The van der Waals surface area contributed by atoms with Crippen LogP contribution in [0.5, 0.6) is 11.5 Å². The maximum atomic E-state index is 11.7. The van der Waals surface area contributed by atoms with E-state index >= 15 is 0 Å². The molecule has 4 nitrogen and oxygen atoms in total. The first-order chi connectivity index (χ1) is 10.7. The van der Waals surface area contributed by atoms with Crippen molar-refractivity contribution in [1.82, 2.24) is 0 Å². The van der Waals surface area contributed by atoms with Crippen LogP contribution in [-0.4, -0.2) is 19.8 Å². The molecule has 122 valence electrons. The number of carbonyl (C=O) groups excluding carboxylic acids is 1. The average Bonchev–Trinajstić information content (AvgIpc) is 2.47. The summed E-state index contributed by atoms with van der Waals surface area (Å²) >= 11 is 0. The Kier molecular flexibility index (Phi) is 4.96. The zero-order valence-electron chi connectivity index (χ0n) is 13.8. The fourth-order valence-electron chi connectivity index (χ4n) is 2.36. The average molecular weight is 332 g/mol. The third kappa shape index (κ3) is 4.46. The zero-order chi connectivity index (χ0) is 17.1. The van der Waals surface area contributed by atoms with E-state index in [1.165, 1.54) is 0 Å². The van der Waals surface area contributed by atoms with Crippen molar-refractivity contribution in [3.8, 4) is 11.5 Å². The van der Waals surface area contributed by atoms with Crippen molar-refractivity contribution in [2.45, 2.75) is 19.3 Å². The second-order valence-corrected chi connectivity index (χ2v) is 8.92. The minimum Gasteiger partial charge on any atom is -0.443 e. The second-order valence-electron chi connectivity index (χ2n) is 6.23. The van der Waals surface area contributed by atoms with Gasteiger partial charge >= 0.3 is 0 Å². The van der Waals surface area contributed by atoms with Crippen molar-refractivity contribution in [3.63, 3.8) is 0 Å². The molecule has 0 spiro atoms. The Morgan fingerprint density at radius 2 is 1.30 bits per heavy atom. The summed E-state index contributed by atoms with van der Waals surface area (Å²) in [5.41, 5.74) is 1.98. The normalized spacial score (nSPS) is 11.8. The lowest BCUT2D eigenvalue weighted by molar-refractivity contribution is -0.120. The molecule has 0 saturated heterocycles. The third-order valence-corrected chi connectivity index (χ3v) is 4.31. The van der Waals surface area contributed by atoms with Gasteiger partial charge < -0.3 is 9.26 Å². The van der Waals surface area contributed by atoms with E-state index in [-0.39, 0.29) is 5.41 Å². The van der Waals surface area contributed by atoms with Crippen molar-refractivity contribution in [2.24, 2.45) is 0 Å². The molecule has 0 radical (unpaired) electrons. The molecule has 5 heteroatoms. The standard InChI is InChI=1S/C18H21O4P/c1-18(2,14-5-9-16(10-6-14)21-13-19)15-7-11-17(12-8-15)22-23(3,4)20/h5-13H,1-4H3. The first-order valence-corrected chi connectivity index (χ1v) is 9.80. The molecule has 0 N–H and O–H groups in total. The van der Waals surface area contributed by atoms with E-state index in [9.17, 15) is 9.36 Å². The molecular weight excluding hydrogens is 311 g/mol. The summed E-state index contributed by atoms with van der Waals surface area (Å²) in [7, 11) is -2.56. The summed E-state index contributed by atoms with van der Waals surface area (Å²) in [6.45, 7) is 7.83. The number of ether oxygens (including phenoxy) is 1. The Labute approximate surface area is 136 Å². The van der Waals surface area contributed by atoms with Gasteiger partial charge in [-0.15, -0.1) is 0 Å². The monoisotopic (exact) mass is 332 g/mol. The summed E-state index contributed by atoms with van der Waals surface area (Å²) in [4.78, 5) is 10.4. The van der Waals surface area contributed by atoms with Gasteiger partial charge in [-0.1, -0.05) is 38.1 Å². The van der Waals surface area contributed by atoms with Crippen LogP contribution in [-0.2, 0) is 14.8 Å². The molecule has 0 bridgehead atoms. The van der Waals surface area contributed by atoms with Crippen LogP contribution in [0.2, 0.25) is 0 Å². The van der Waals surface area contributed by atoms with Crippen LogP contribution in [0.25, 0.3) is 0 Å². The highest BCUT2D eigenvalue weighted by Crippen LogP contribution is 2.40. The summed E-state index contributed by atoms with van der Waals surface area (Å²) in [5.74, 6) is 1.12. The van der Waals surface area contributed by atoms with Crippen LogP contribution in [0, 0.1) is 0 Å². The molecule has 2 rings (SSSR count). The fraction of sp³-hybridized carbons (Fsp3) is 0.278. The first kappa shape index (κ1) is 17.3. The highest BCUT2D eigenvalue weighted by molar-refractivity contribution is 7.57. The highest BCUT2D eigenvalue weighted by Gasteiger charge is 2.23. The summed E-state index contributed by atoms with van der Waals surface area (Å²) in [6.07, 6.45) is 0. The third-order valence-electron chi connectivity index (χ3n) is 3.66. The SMILES string of the molecule is CC(C)(c1ccc(OC=O)cc1)c1ccc(OP(C)(C)=O)cc1. The Bertz CT molecular complexity index is 712. The predicted molar refractivity (Wildman–Crippen MR) is 91.8 cm³/mol. The van der Waals surface area contributed by atoms with Gasteiger partial charge in [0.2, 0.25) is 7.37 Å². The van der Waals surface area contributed by atoms with Gasteiger partial charge in [0.25, 0.3) is 6.47 Å². The van der Waals surface area contributed by atoms with E-state index in [1.54, 1.807) is 25.5 Å². The topological polar surface area (TPSA) is 52.6 Å². The van der Waals surface area contributed by atoms with Gasteiger partial charge in [-0.25, -0.2) is 0 Å². The van der Waals surface area contributed by atoms with Crippen LogP contribution in [0.15, 0.2) is 48.5 Å². The van der Waals surface area contributed by atoms with Gasteiger partial charge in [-0.2, -0.15) is 0 Å². The van der Waals surface area contributed by atoms with E-state index in [4.69, 9.17) is 9.26 Å². The molecule has 0 aromatic heterocycles. The molecule has 0 aliphatic rings. The van der Waals surface area contributed by atoms with Crippen LogP contribution in [0.1, 0.15) is 25.0 Å². The minimum absolute atomic E-state index is 0.222. The van der Waals surface area contributed by atoms with Crippen LogP contribution < -0.4 is 9.26 Å². The number of carbonyl (C=O) groups is 1. The van der Waals surface area contributed by atoms with Crippen molar-refractivity contribution >= 4 is 13.8 Å². The maximum absolute atomic E-state index is 11.7. The van der Waals surface area contributed by atoms with Crippen molar-refractivity contribution in [1.29, 1.82) is 0 Å². The zero-order valence-corrected chi connectivity index (χ0v) is 14.7. The van der Waals surface area contributed by atoms with Gasteiger partial charge in [0.05, 0.1) is 0 Å². The van der Waals surface area contributed by atoms with Crippen molar-refractivity contribution in [3.05, 3.63) is 59.7 Å². The maximum Gasteiger partial charge on any atom is 0.298 e. The van der Waals surface area contributed by atoms with E-state index in [0.29, 0.717) is 18.0 Å². The van der Waals surface area contributed by atoms with Crippen LogP contribution >= 0.6 is 7.37 Å². The van der Waals surface area contributed by atoms with Crippen molar-refractivity contribution < 1.29 is 18.6 Å². The molecule has 0 saturated carbocycles. The van der Waals surface area contributed by atoms with Crippen LogP contribution in [0.4, 0.5) is 0 Å². The van der Waals surface area contributed by atoms with Gasteiger partial charge in [-0.05, 0) is 35.4 Å². The molecule has 2 aromatic carbocycles. The molecule has 0 atom stereocenters. The number of rotatable bonds is 6. The highest BCUT2D eigenvalue weighted by atomic mass is 31.2. The van der Waals surface area contributed by atoms with E-state index in [2.05, 4.69) is 13.8 Å². The smallest absolute Gasteiger partial charge is 0.298 e. The fourth-order valence-corrected chi connectivity index (χ4v) is 2.99. The van der Waals surface area contributed by atoms with E-state index in [0.717, 1.165) is 11.1 Å². The number of hydrogen-bond donors (Lipinski definition) is 0. The lowest BCUT2D eigenvalue weighted by atomic mass is 9.78. The lowest BCUT2D eigenvalue weighted by Crippen LogP contribution is -2.18. The van der Waals surface area contributed by atoms with E-state index in [1.807, 2.05) is 36.4 Å². The molecule has 0 heterocycles. The Hall–Kier alpha value is -2.06. The number of benzene rings is 2. The lowest BCUT2D eigenvalue weighted by Gasteiger charge is -2.26. The molecule has 0 fully saturated rings. The first-order valence-electron chi connectivity index (χ1n) is 7.28. The minimum atomic E-state index is -2.56. The van der Waals surface area contributed by atoms with Gasteiger partial charge in [-0.3, -0.25) is 9.36 Å². The second kappa shape index (κ2) is 6.59. The molecular formula is C18H21O4P. The van der Waals surface area contributed by atoms with Gasteiger partial charge in [0.15, 0.2) is 0 Å². The summed E-state index contributed by atoms with van der Waals surface area (Å²) in [5, 5.41) is 0. The largest absolute Gasteiger partial charge is 0.443 e. The number of hydrogen-bond acceptors (Lipinski definition) is 4. The molecule has 0 amide bonds. The molecule has 0 unspecified atom stereocenters. The Morgan fingerprint density at radius 1 is 0.870 bits per heavy atom. The Balaban J connectivity index is 2.24. The quantitative estimate of drug-likeness (QED) is 0.579. The van der Waals surface area contributed by atoms with Crippen LogP contribution in [0.3, 0.4) is 0 Å². The predicted octanol–water partition coefficient (Wildman–Crippen LogP) is 4.46.